The van der Waals surface area contributed by atoms with Crippen LogP contribution < -0.4 is 0 Å². The van der Waals surface area contributed by atoms with Crippen molar-refractivity contribution >= 4 is 0 Å². The van der Waals surface area contributed by atoms with E-state index in [9.17, 15) is 10.2 Å². The quantitative estimate of drug-likeness (QED) is 0.681. The van der Waals surface area contributed by atoms with E-state index in [-0.39, 0.29) is 0 Å². The normalized spacial score (nSPS) is 60.4. The zero-order valence-electron chi connectivity index (χ0n) is 11.5. The highest BCUT2D eigenvalue weighted by Crippen LogP contribution is 2.71. The van der Waals surface area contributed by atoms with Crippen molar-refractivity contribution in [2.75, 3.05) is 0 Å². The maximum Gasteiger partial charge on any atom is 0.0654 e. The minimum atomic E-state index is -0.561. The fourth-order valence-electron chi connectivity index (χ4n) is 5.25. The van der Waals surface area contributed by atoms with Gasteiger partial charge in [-0.3, -0.25) is 0 Å². The molecule has 0 aromatic rings. The van der Waals surface area contributed by atoms with E-state index in [4.69, 9.17) is 0 Å². The Morgan fingerprint density at radius 3 is 1.94 bits per heavy atom. The van der Waals surface area contributed by atoms with Crippen molar-refractivity contribution in [3.05, 3.63) is 0 Å². The van der Waals surface area contributed by atoms with Crippen LogP contribution in [0.2, 0.25) is 0 Å². The van der Waals surface area contributed by atoms with Crippen molar-refractivity contribution in [1.29, 1.82) is 0 Å². The third-order valence-corrected chi connectivity index (χ3v) is 6.40. The monoisotopic (exact) mass is 238 g/mol. The SMILES string of the molecule is CC1(C)[C@@H]2[C@@H]3[C@@H](CC[C@@]3(C)O)[C@@](C)(O)CC[C@@H]21. The van der Waals surface area contributed by atoms with Crippen molar-refractivity contribution in [2.24, 2.45) is 29.1 Å². The van der Waals surface area contributed by atoms with E-state index in [2.05, 4.69) is 13.8 Å². The first-order valence-corrected chi connectivity index (χ1v) is 7.13. The predicted octanol–water partition coefficient (Wildman–Crippen LogP) is 2.58. The summed E-state index contributed by atoms with van der Waals surface area (Å²) in [5.41, 5.74) is -0.738. The van der Waals surface area contributed by atoms with Crippen LogP contribution in [0.25, 0.3) is 0 Å². The maximum atomic E-state index is 10.7. The molecule has 98 valence electrons. The predicted molar refractivity (Wildman–Crippen MR) is 67.5 cm³/mol. The summed E-state index contributed by atoms with van der Waals surface area (Å²) in [6, 6.07) is 0. The summed E-state index contributed by atoms with van der Waals surface area (Å²) in [5, 5.41) is 21.3. The van der Waals surface area contributed by atoms with Crippen molar-refractivity contribution in [3.8, 4) is 0 Å². The molecule has 0 aromatic heterocycles. The Kier molecular flexibility index (Phi) is 2.17. The molecule has 3 rings (SSSR count). The van der Waals surface area contributed by atoms with Crippen molar-refractivity contribution in [1.82, 2.24) is 0 Å². The van der Waals surface area contributed by atoms with Crippen LogP contribution in [0.3, 0.4) is 0 Å². The molecule has 0 amide bonds. The van der Waals surface area contributed by atoms with Crippen LogP contribution in [0.4, 0.5) is 0 Å². The van der Waals surface area contributed by atoms with Crippen LogP contribution in [-0.4, -0.2) is 21.4 Å². The second-order valence-corrected chi connectivity index (χ2v) is 7.88. The summed E-state index contributed by atoms with van der Waals surface area (Å²) < 4.78 is 0. The highest BCUT2D eigenvalue weighted by atomic mass is 16.3. The standard InChI is InChI=1S/C15H26O2/c1-13(2)9-5-7-14(3,16)10-6-8-15(4,17)12(10)11(9)13/h9-12,16-17H,5-8H2,1-4H3/t9-,10+,11-,12-,14-,15+/m0/s1. The van der Waals surface area contributed by atoms with E-state index >= 15 is 0 Å². The first kappa shape index (κ1) is 12.0. The molecular weight excluding hydrogens is 212 g/mol. The van der Waals surface area contributed by atoms with Crippen molar-refractivity contribution < 1.29 is 10.2 Å². The van der Waals surface area contributed by atoms with E-state index in [0.29, 0.717) is 29.1 Å². The van der Waals surface area contributed by atoms with Gasteiger partial charge in [0, 0.05) is 0 Å². The number of hydrogen-bond donors (Lipinski definition) is 2. The van der Waals surface area contributed by atoms with E-state index in [1.165, 1.54) is 0 Å². The smallest absolute Gasteiger partial charge is 0.0654 e. The Morgan fingerprint density at radius 1 is 0.765 bits per heavy atom. The summed E-state index contributed by atoms with van der Waals surface area (Å²) in [6.07, 6.45) is 3.89. The van der Waals surface area contributed by atoms with Gasteiger partial charge in [0.1, 0.15) is 0 Å². The molecule has 0 aliphatic heterocycles. The van der Waals surface area contributed by atoms with Crippen LogP contribution in [0.5, 0.6) is 0 Å². The van der Waals surface area contributed by atoms with Crippen LogP contribution in [0.15, 0.2) is 0 Å². The fourth-order valence-corrected chi connectivity index (χ4v) is 5.25. The molecule has 0 unspecified atom stereocenters. The summed E-state index contributed by atoms with van der Waals surface area (Å²) in [5.74, 6) is 1.95. The van der Waals surface area contributed by atoms with Crippen LogP contribution in [0.1, 0.15) is 53.4 Å². The average molecular weight is 238 g/mol. The molecule has 17 heavy (non-hydrogen) atoms. The minimum absolute atomic E-state index is 0.300. The van der Waals surface area contributed by atoms with Gasteiger partial charge in [0.25, 0.3) is 0 Å². The molecule has 3 fully saturated rings. The van der Waals surface area contributed by atoms with Gasteiger partial charge in [0.15, 0.2) is 0 Å². The molecule has 3 saturated carbocycles. The van der Waals surface area contributed by atoms with E-state index in [0.717, 1.165) is 25.7 Å². The molecule has 0 saturated heterocycles. The van der Waals surface area contributed by atoms with Crippen LogP contribution in [0, 0.1) is 29.1 Å². The molecule has 0 spiro atoms. The Bertz CT molecular complexity index is 343. The highest BCUT2D eigenvalue weighted by Gasteiger charge is 2.69. The Labute approximate surface area is 104 Å². The molecule has 3 aliphatic carbocycles. The maximum absolute atomic E-state index is 10.7. The Morgan fingerprint density at radius 2 is 1.29 bits per heavy atom. The molecule has 2 heteroatoms. The van der Waals surface area contributed by atoms with Crippen molar-refractivity contribution in [3.63, 3.8) is 0 Å². The lowest BCUT2D eigenvalue weighted by molar-refractivity contribution is -0.0663. The zero-order valence-corrected chi connectivity index (χ0v) is 11.5. The Balaban J connectivity index is 1.99. The van der Waals surface area contributed by atoms with Gasteiger partial charge in [-0.25, -0.2) is 0 Å². The molecule has 0 bridgehead atoms. The first-order chi connectivity index (χ1) is 7.68. The van der Waals surface area contributed by atoms with Gasteiger partial charge in [0.05, 0.1) is 11.2 Å². The average Bonchev–Trinajstić information content (AvgIpc) is 2.59. The molecule has 0 heterocycles. The molecule has 3 aliphatic rings. The second kappa shape index (κ2) is 3.08. The number of aliphatic hydroxyl groups is 2. The summed E-state index contributed by atoms with van der Waals surface area (Å²) >= 11 is 0. The van der Waals surface area contributed by atoms with Gasteiger partial charge < -0.3 is 10.2 Å². The molecule has 6 atom stereocenters. The molecule has 0 radical (unpaired) electrons. The molecule has 0 aromatic carbocycles. The van der Waals surface area contributed by atoms with E-state index < -0.39 is 11.2 Å². The van der Waals surface area contributed by atoms with Gasteiger partial charge in [-0.05, 0) is 68.6 Å². The second-order valence-electron chi connectivity index (χ2n) is 7.88. The molecule has 2 nitrogen and oxygen atoms in total. The van der Waals surface area contributed by atoms with E-state index in [1.54, 1.807) is 0 Å². The van der Waals surface area contributed by atoms with Gasteiger partial charge in [-0.2, -0.15) is 0 Å². The number of fused-ring (bicyclic) bond motifs is 3. The summed E-state index contributed by atoms with van der Waals surface area (Å²) in [7, 11) is 0. The van der Waals surface area contributed by atoms with Gasteiger partial charge in [0.2, 0.25) is 0 Å². The molecule has 2 N–H and O–H groups in total. The highest BCUT2D eigenvalue weighted by molar-refractivity contribution is 5.18. The van der Waals surface area contributed by atoms with Gasteiger partial charge in [-0.1, -0.05) is 13.8 Å². The van der Waals surface area contributed by atoms with Crippen molar-refractivity contribution in [2.45, 2.75) is 64.6 Å². The minimum Gasteiger partial charge on any atom is -0.390 e. The topological polar surface area (TPSA) is 40.5 Å². The fraction of sp³-hybridized carbons (Fsp3) is 1.00. The third-order valence-electron chi connectivity index (χ3n) is 6.40. The van der Waals surface area contributed by atoms with Crippen LogP contribution >= 0.6 is 0 Å². The van der Waals surface area contributed by atoms with Gasteiger partial charge in [-0.15, -0.1) is 0 Å². The first-order valence-electron chi connectivity index (χ1n) is 7.13. The lowest BCUT2D eigenvalue weighted by Crippen LogP contribution is -2.43. The van der Waals surface area contributed by atoms with E-state index in [1.807, 2.05) is 13.8 Å². The van der Waals surface area contributed by atoms with Gasteiger partial charge >= 0.3 is 0 Å². The number of rotatable bonds is 0. The zero-order chi connectivity index (χ0) is 12.6. The largest absolute Gasteiger partial charge is 0.390 e. The Hall–Kier alpha value is -0.0800. The summed E-state index contributed by atoms with van der Waals surface area (Å²) in [4.78, 5) is 0. The van der Waals surface area contributed by atoms with Crippen LogP contribution in [-0.2, 0) is 0 Å². The summed E-state index contributed by atoms with van der Waals surface area (Å²) in [6.45, 7) is 8.66. The lowest BCUT2D eigenvalue weighted by atomic mass is 9.73. The third kappa shape index (κ3) is 1.46. The molecular formula is C15H26O2. The number of hydrogen-bond acceptors (Lipinski definition) is 2. The lowest BCUT2D eigenvalue weighted by Gasteiger charge is -2.37.